The number of hydrogen-bond acceptors (Lipinski definition) is 4. The monoisotopic (exact) mass is 312 g/mol. The van der Waals surface area contributed by atoms with Gasteiger partial charge in [0.1, 0.15) is 5.54 Å². The number of likely N-dealkylation sites (N-methyl/N-ethyl adjacent to an activating group) is 1. The van der Waals surface area contributed by atoms with Crippen LogP contribution in [0.5, 0.6) is 0 Å². The fourth-order valence-corrected chi connectivity index (χ4v) is 2.34. The van der Waals surface area contributed by atoms with Gasteiger partial charge < -0.3 is 10.1 Å². The average molecular weight is 312 g/mol. The Morgan fingerprint density at radius 2 is 1.81 bits per heavy atom. The SMILES string of the molecule is CCOC(=O)C(C)(CC(C)N(CC(F)(F)F)C(C)C)NC. The molecule has 4 nitrogen and oxygen atoms in total. The Bertz CT molecular complexity index is 335. The lowest BCUT2D eigenvalue weighted by Crippen LogP contribution is -2.54. The quantitative estimate of drug-likeness (QED) is 0.700. The molecule has 0 saturated carbocycles. The van der Waals surface area contributed by atoms with Gasteiger partial charge in [0.25, 0.3) is 0 Å². The highest BCUT2D eigenvalue weighted by Crippen LogP contribution is 2.24. The summed E-state index contributed by atoms with van der Waals surface area (Å²) < 4.78 is 43.0. The molecule has 2 unspecified atom stereocenters. The van der Waals surface area contributed by atoms with Gasteiger partial charge in [-0.05, 0) is 48.1 Å². The van der Waals surface area contributed by atoms with E-state index >= 15 is 0 Å². The van der Waals surface area contributed by atoms with E-state index in [-0.39, 0.29) is 19.1 Å². The zero-order valence-corrected chi connectivity index (χ0v) is 13.7. The number of nitrogens with one attached hydrogen (secondary N) is 1. The standard InChI is InChI=1S/C14H27F3N2O2/c1-7-21-12(20)13(5,18-6)8-11(4)19(10(2)3)9-14(15,16)17/h10-11,18H,7-9H2,1-6H3. The van der Waals surface area contributed by atoms with Gasteiger partial charge in [0.15, 0.2) is 0 Å². The van der Waals surface area contributed by atoms with Crippen molar-refractivity contribution < 1.29 is 22.7 Å². The lowest BCUT2D eigenvalue weighted by Gasteiger charge is -2.38. The highest BCUT2D eigenvalue weighted by molar-refractivity contribution is 5.80. The van der Waals surface area contributed by atoms with Crippen molar-refractivity contribution in [3.63, 3.8) is 0 Å². The normalized spacial score (nSPS) is 16.9. The summed E-state index contributed by atoms with van der Waals surface area (Å²) >= 11 is 0. The largest absolute Gasteiger partial charge is 0.465 e. The summed E-state index contributed by atoms with van der Waals surface area (Å²) in [7, 11) is 1.60. The number of halogens is 3. The Balaban J connectivity index is 5.01. The van der Waals surface area contributed by atoms with E-state index < -0.39 is 30.3 Å². The third-order valence-corrected chi connectivity index (χ3v) is 3.57. The van der Waals surface area contributed by atoms with Gasteiger partial charge in [-0.3, -0.25) is 9.69 Å². The Kier molecular flexibility index (Phi) is 7.67. The molecule has 1 N–H and O–H groups in total. The Morgan fingerprint density at radius 3 is 2.14 bits per heavy atom. The molecule has 2 atom stereocenters. The Hall–Kier alpha value is -0.820. The number of rotatable bonds is 8. The topological polar surface area (TPSA) is 41.6 Å². The number of esters is 1. The minimum Gasteiger partial charge on any atom is -0.465 e. The molecule has 0 aliphatic heterocycles. The highest BCUT2D eigenvalue weighted by atomic mass is 19.4. The second-order valence-corrected chi connectivity index (χ2v) is 5.74. The number of alkyl halides is 3. The molecule has 0 saturated heterocycles. The highest BCUT2D eigenvalue weighted by Gasteiger charge is 2.39. The lowest BCUT2D eigenvalue weighted by atomic mass is 9.92. The molecule has 21 heavy (non-hydrogen) atoms. The zero-order chi connectivity index (χ0) is 16.8. The first kappa shape index (κ1) is 20.2. The predicted molar refractivity (Wildman–Crippen MR) is 76.1 cm³/mol. The lowest BCUT2D eigenvalue weighted by molar-refractivity contribution is -0.158. The van der Waals surface area contributed by atoms with Crippen LogP contribution in [0.15, 0.2) is 0 Å². The van der Waals surface area contributed by atoms with Crippen LogP contribution in [-0.4, -0.2) is 54.9 Å². The summed E-state index contributed by atoms with van der Waals surface area (Å²) in [6, 6.07) is -0.696. The summed E-state index contributed by atoms with van der Waals surface area (Å²) in [6.45, 7) is 7.71. The summed E-state index contributed by atoms with van der Waals surface area (Å²) in [6.07, 6.45) is -4.03. The van der Waals surface area contributed by atoms with Crippen molar-refractivity contribution in [1.82, 2.24) is 10.2 Å². The maximum Gasteiger partial charge on any atom is 0.401 e. The van der Waals surface area contributed by atoms with Gasteiger partial charge in [0.05, 0.1) is 13.2 Å². The summed E-state index contributed by atoms with van der Waals surface area (Å²) in [5.41, 5.74) is -1.01. The number of nitrogens with zero attached hydrogens (tertiary/aromatic N) is 1. The molecule has 0 rings (SSSR count). The first-order valence-corrected chi connectivity index (χ1v) is 7.15. The van der Waals surface area contributed by atoms with Crippen molar-refractivity contribution in [2.75, 3.05) is 20.2 Å². The molecule has 0 radical (unpaired) electrons. The van der Waals surface area contributed by atoms with Crippen molar-refractivity contribution in [2.24, 2.45) is 0 Å². The van der Waals surface area contributed by atoms with E-state index in [1.54, 1.807) is 41.7 Å². The van der Waals surface area contributed by atoms with E-state index in [1.165, 1.54) is 4.90 Å². The van der Waals surface area contributed by atoms with Gasteiger partial charge in [-0.1, -0.05) is 0 Å². The third kappa shape index (κ3) is 6.65. The van der Waals surface area contributed by atoms with Crippen molar-refractivity contribution in [2.45, 2.75) is 64.8 Å². The maximum atomic E-state index is 12.7. The summed E-state index contributed by atoms with van der Waals surface area (Å²) in [4.78, 5) is 13.3. The van der Waals surface area contributed by atoms with Crippen molar-refractivity contribution >= 4 is 5.97 Å². The fraction of sp³-hybridized carbons (Fsp3) is 0.929. The third-order valence-electron chi connectivity index (χ3n) is 3.57. The smallest absolute Gasteiger partial charge is 0.401 e. The van der Waals surface area contributed by atoms with Crippen LogP contribution in [0.4, 0.5) is 13.2 Å². The molecule has 126 valence electrons. The summed E-state index contributed by atoms with van der Waals surface area (Å²) in [5, 5.41) is 2.87. The molecule has 0 aromatic carbocycles. The Morgan fingerprint density at radius 1 is 1.29 bits per heavy atom. The van der Waals surface area contributed by atoms with Crippen LogP contribution in [0.3, 0.4) is 0 Å². The van der Waals surface area contributed by atoms with E-state index in [1.807, 2.05) is 0 Å². The Labute approximate surface area is 125 Å². The van der Waals surface area contributed by atoms with E-state index in [0.29, 0.717) is 0 Å². The number of carbonyl (C=O) groups excluding carboxylic acids is 1. The van der Waals surface area contributed by atoms with Crippen LogP contribution >= 0.6 is 0 Å². The molecular weight excluding hydrogens is 285 g/mol. The van der Waals surface area contributed by atoms with E-state index in [0.717, 1.165) is 0 Å². The first-order valence-electron chi connectivity index (χ1n) is 7.15. The van der Waals surface area contributed by atoms with Crippen LogP contribution < -0.4 is 5.32 Å². The molecule has 0 aliphatic carbocycles. The van der Waals surface area contributed by atoms with Crippen LogP contribution in [0.2, 0.25) is 0 Å². The first-order chi connectivity index (χ1) is 9.46. The van der Waals surface area contributed by atoms with Crippen molar-refractivity contribution in [1.29, 1.82) is 0 Å². The molecule has 0 amide bonds. The van der Waals surface area contributed by atoms with E-state index in [9.17, 15) is 18.0 Å². The zero-order valence-electron chi connectivity index (χ0n) is 13.7. The molecule has 7 heteroatoms. The van der Waals surface area contributed by atoms with Gasteiger partial charge in [-0.15, -0.1) is 0 Å². The minimum atomic E-state index is -4.27. The molecule has 0 fully saturated rings. The molecule has 0 heterocycles. The number of hydrogen-bond donors (Lipinski definition) is 1. The van der Waals surface area contributed by atoms with Crippen LogP contribution in [0.25, 0.3) is 0 Å². The van der Waals surface area contributed by atoms with Crippen LogP contribution in [0.1, 0.15) is 41.0 Å². The second kappa shape index (κ2) is 7.98. The van der Waals surface area contributed by atoms with Gasteiger partial charge >= 0.3 is 12.1 Å². The van der Waals surface area contributed by atoms with Crippen molar-refractivity contribution in [3.8, 4) is 0 Å². The van der Waals surface area contributed by atoms with Crippen LogP contribution in [0, 0.1) is 0 Å². The summed E-state index contributed by atoms with van der Waals surface area (Å²) in [5.74, 6) is -0.449. The van der Waals surface area contributed by atoms with Gasteiger partial charge in [0, 0.05) is 12.1 Å². The van der Waals surface area contributed by atoms with Crippen LogP contribution in [-0.2, 0) is 9.53 Å². The van der Waals surface area contributed by atoms with Crippen molar-refractivity contribution in [3.05, 3.63) is 0 Å². The molecule has 0 bridgehead atoms. The number of ether oxygens (including phenoxy) is 1. The van der Waals surface area contributed by atoms with Gasteiger partial charge in [0.2, 0.25) is 0 Å². The molecule has 0 spiro atoms. The average Bonchev–Trinajstić information content (AvgIpc) is 2.34. The van der Waals surface area contributed by atoms with Gasteiger partial charge in [-0.2, -0.15) is 13.2 Å². The van der Waals surface area contributed by atoms with E-state index in [4.69, 9.17) is 4.74 Å². The molecule has 0 aromatic heterocycles. The van der Waals surface area contributed by atoms with Gasteiger partial charge in [-0.25, -0.2) is 0 Å². The molecule has 0 aromatic rings. The second-order valence-electron chi connectivity index (χ2n) is 5.74. The maximum absolute atomic E-state index is 12.7. The van der Waals surface area contributed by atoms with E-state index in [2.05, 4.69) is 5.32 Å². The minimum absolute atomic E-state index is 0.233. The molecular formula is C14H27F3N2O2. The fourth-order valence-electron chi connectivity index (χ4n) is 2.34. The predicted octanol–water partition coefficient (Wildman–Crippen LogP) is 2.58. The molecule has 0 aliphatic rings. The number of carbonyl (C=O) groups is 1.